The smallest absolute Gasteiger partial charge is 0.155 e. The lowest BCUT2D eigenvalue weighted by Crippen LogP contribution is -2.39. The van der Waals surface area contributed by atoms with E-state index in [9.17, 15) is 22.3 Å². The maximum absolute atomic E-state index is 13.8. The monoisotopic (exact) mass is 368 g/mol. The standard InChI is InChI=1S/C13H15BrF2O3S/c14-9-4-5-10(15)8(13(9)16)7-11(17)12-3-1-2-6-20(12,18)19/h4-5,11-12,17H,1-3,6-7H2. The lowest BCUT2D eigenvalue weighted by molar-refractivity contribution is 0.159. The lowest BCUT2D eigenvalue weighted by Gasteiger charge is -2.27. The zero-order valence-electron chi connectivity index (χ0n) is 10.7. The van der Waals surface area contributed by atoms with Crippen molar-refractivity contribution in [2.24, 2.45) is 0 Å². The number of aliphatic hydroxyl groups excluding tert-OH is 1. The van der Waals surface area contributed by atoms with E-state index in [1.165, 1.54) is 6.07 Å². The summed E-state index contributed by atoms with van der Waals surface area (Å²) < 4.78 is 51.3. The molecule has 0 amide bonds. The molecule has 1 aromatic rings. The summed E-state index contributed by atoms with van der Waals surface area (Å²) in [6.07, 6.45) is -0.0317. The molecule has 2 atom stereocenters. The van der Waals surface area contributed by atoms with Gasteiger partial charge < -0.3 is 5.11 Å². The fourth-order valence-electron chi connectivity index (χ4n) is 2.51. The molecule has 0 aliphatic carbocycles. The van der Waals surface area contributed by atoms with Crippen LogP contribution in [0.5, 0.6) is 0 Å². The van der Waals surface area contributed by atoms with Crippen LogP contribution in [0.4, 0.5) is 8.78 Å². The van der Waals surface area contributed by atoms with E-state index < -0.39 is 32.8 Å². The highest BCUT2D eigenvalue weighted by Gasteiger charge is 2.35. The Morgan fingerprint density at radius 3 is 2.70 bits per heavy atom. The largest absolute Gasteiger partial charge is 0.391 e. The summed E-state index contributed by atoms with van der Waals surface area (Å²) in [6, 6.07) is 2.32. The van der Waals surface area contributed by atoms with Crippen LogP contribution in [-0.2, 0) is 16.3 Å². The Morgan fingerprint density at radius 1 is 1.35 bits per heavy atom. The van der Waals surface area contributed by atoms with Crippen LogP contribution < -0.4 is 0 Å². The molecule has 112 valence electrons. The van der Waals surface area contributed by atoms with Gasteiger partial charge in [-0.2, -0.15) is 0 Å². The molecule has 0 aromatic heterocycles. The molecule has 0 radical (unpaired) electrons. The number of halogens is 3. The predicted octanol–water partition coefficient (Wildman–Crippen LogP) is 2.60. The Hall–Kier alpha value is -0.530. The quantitative estimate of drug-likeness (QED) is 0.834. The first-order valence-corrected chi connectivity index (χ1v) is 8.86. The molecule has 7 heteroatoms. The Kier molecular flexibility index (Phi) is 4.81. The molecule has 1 aliphatic rings. The van der Waals surface area contributed by atoms with Gasteiger partial charge in [0.1, 0.15) is 11.6 Å². The number of benzene rings is 1. The molecule has 1 fully saturated rings. The molecule has 1 heterocycles. The second-order valence-corrected chi connectivity index (χ2v) is 8.19. The van der Waals surface area contributed by atoms with Gasteiger partial charge in [0.25, 0.3) is 0 Å². The van der Waals surface area contributed by atoms with Gasteiger partial charge in [0.2, 0.25) is 0 Å². The van der Waals surface area contributed by atoms with Crippen molar-refractivity contribution in [2.45, 2.75) is 37.0 Å². The van der Waals surface area contributed by atoms with Gasteiger partial charge in [-0.3, -0.25) is 0 Å². The van der Waals surface area contributed by atoms with Crippen LogP contribution in [0.25, 0.3) is 0 Å². The number of aliphatic hydroxyl groups is 1. The van der Waals surface area contributed by atoms with Gasteiger partial charge in [-0.25, -0.2) is 17.2 Å². The van der Waals surface area contributed by atoms with E-state index in [0.29, 0.717) is 19.3 Å². The number of rotatable bonds is 3. The molecule has 0 bridgehead atoms. The third-order valence-corrected chi connectivity index (χ3v) is 6.55. The summed E-state index contributed by atoms with van der Waals surface area (Å²) in [4.78, 5) is 0. The SMILES string of the molecule is O=S1(=O)CCCCC1C(O)Cc1c(F)ccc(Br)c1F. The fraction of sp³-hybridized carbons (Fsp3) is 0.538. The highest BCUT2D eigenvalue weighted by molar-refractivity contribution is 9.10. The Bertz CT molecular complexity index is 604. The maximum atomic E-state index is 13.8. The van der Waals surface area contributed by atoms with Crippen molar-refractivity contribution in [3.63, 3.8) is 0 Å². The summed E-state index contributed by atoms with van der Waals surface area (Å²) in [6.45, 7) is 0. The highest BCUT2D eigenvalue weighted by Crippen LogP contribution is 2.27. The summed E-state index contributed by atoms with van der Waals surface area (Å²) in [5.41, 5.74) is -0.285. The van der Waals surface area contributed by atoms with Gasteiger partial charge >= 0.3 is 0 Å². The average molecular weight is 369 g/mol. The number of hydrogen-bond acceptors (Lipinski definition) is 3. The van der Waals surface area contributed by atoms with E-state index in [1.807, 2.05) is 0 Å². The van der Waals surface area contributed by atoms with Crippen LogP contribution in [0.15, 0.2) is 16.6 Å². The summed E-state index contributed by atoms with van der Waals surface area (Å²) in [5, 5.41) is 9.14. The minimum absolute atomic E-state index is 0.0260. The van der Waals surface area contributed by atoms with Crippen molar-refractivity contribution in [1.29, 1.82) is 0 Å². The third-order valence-electron chi connectivity index (χ3n) is 3.61. The van der Waals surface area contributed by atoms with Gasteiger partial charge in [-0.15, -0.1) is 0 Å². The molecule has 1 aliphatic heterocycles. The molecule has 0 saturated carbocycles. The number of hydrogen-bond donors (Lipinski definition) is 1. The fourth-order valence-corrected chi connectivity index (χ4v) is 4.89. The van der Waals surface area contributed by atoms with Crippen LogP contribution >= 0.6 is 15.9 Å². The third kappa shape index (κ3) is 3.20. The van der Waals surface area contributed by atoms with Crippen LogP contribution in [0.2, 0.25) is 0 Å². The van der Waals surface area contributed by atoms with Gasteiger partial charge in [0.05, 0.1) is 21.6 Å². The van der Waals surface area contributed by atoms with Crippen molar-refractivity contribution < 1.29 is 22.3 Å². The van der Waals surface area contributed by atoms with Gasteiger partial charge in [-0.05, 0) is 40.9 Å². The summed E-state index contributed by atoms with van der Waals surface area (Å²) in [5.74, 6) is -1.55. The predicted molar refractivity (Wildman–Crippen MR) is 75.2 cm³/mol. The lowest BCUT2D eigenvalue weighted by atomic mass is 10.0. The van der Waals surface area contributed by atoms with E-state index in [0.717, 1.165) is 6.07 Å². The molecule has 20 heavy (non-hydrogen) atoms. The van der Waals surface area contributed by atoms with E-state index in [-0.39, 0.29) is 22.2 Å². The topological polar surface area (TPSA) is 54.4 Å². The van der Waals surface area contributed by atoms with Gasteiger partial charge in [0.15, 0.2) is 9.84 Å². The minimum Gasteiger partial charge on any atom is -0.391 e. The Balaban J connectivity index is 2.24. The highest BCUT2D eigenvalue weighted by atomic mass is 79.9. The van der Waals surface area contributed by atoms with Crippen molar-refractivity contribution in [3.05, 3.63) is 33.8 Å². The molecular weight excluding hydrogens is 354 g/mol. The van der Waals surface area contributed by atoms with Gasteiger partial charge in [-0.1, -0.05) is 6.42 Å². The second kappa shape index (κ2) is 6.07. The van der Waals surface area contributed by atoms with Crippen molar-refractivity contribution >= 4 is 25.8 Å². The van der Waals surface area contributed by atoms with Gasteiger partial charge in [0, 0.05) is 12.0 Å². The first-order chi connectivity index (χ1) is 9.33. The van der Waals surface area contributed by atoms with Crippen LogP contribution in [0, 0.1) is 11.6 Å². The molecule has 3 nitrogen and oxygen atoms in total. The zero-order valence-corrected chi connectivity index (χ0v) is 13.1. The molecule has 1 aromatic carbocycles. The van der Waals surface area contributed by atoms with Crippen molar-refractivity contribution in [3.8, 4) is 0 Å². The minimum atomic E-state index is -3.39. The Labute approximate surface area is 125 Å². The van der Waals surface area contributed by atoms with Crippen molar-refractivity contribution in [1.82, 2.24) is 0 Å². The molecule has 2 rings (SSSR count). The average Bonchev–Trinajstić information content (AvgIpc) is 2.38. The van der Waals surface area contributed by atoms with Crippen LogP contribution in [0.3, 0.4) is 0 Å². The molecular formula is C13H15BrF2O3S. The van der Waals surface area contributed by atoms with E-state index in [2.05, 4.69) is 15.9 Å². The summed E-state index contributed by atoms with van der Waals surface area (Å²) >= 11 is 2.95. The van der Waals surface area contributed by atoms with Crippen LogP contribution in [-0.4, -0.2) is 30.6 Å². The first kappa shape index (κ1) is 15.9. The molecule has 0 spiro atoms. The number of sulfone groups is 1. The normalized spacial score (nSPS) is 23.5. The Morgan fingerprint density at radius 2 is 2.05 bits per heavy atom. The van der Waals surface area contributed by atoms with E-state index in [1.54, 1.807) is 0 Å². The van der Waals surface area contributed by atoms with Crippen molar-refractivity contribution in [2.75, 3.05) is 5.75 Å². The van der Waals surface area contributed by atoms with E-state index >= 15 is 0 Å². The molecule has 2 unspecified atom stereocenters. The van der Waals surface area contributed by atoms with Crippen LogP contribution in [0.1, 0.15) is 24.8 Å². The zero-order chi connectivity index (χ0) is 14.9. The van der Waals surface area contributed by atoms with E-state index in [4.69, 9.17) is 0 Å². The molecule has 1 saturated heterocycles. The first-order valence-electron chi connectivity index (χ1n) is 6.35. The molecule has 1 N–H and O–H groups in total. The summed E-state index contributed by atoms with van der Waals surface area (Å²) in [7, 11) is -3.39. The maximum Gasteiger partial charge on any atom is 0.155 e. The second-order valence-electron chi connectivity index (χ2n) is 4.99.